The predicted octanol–water partition coefficient (Wildman–Crippen LogP) is 3.88. The van der Waals surface area contributed by atoms with Gasteiger partial charge in [-0.3, -0.25) is 0 Å². The van der Waals surface area contributed by atoms with Gasteiger partial charge in [-0.05, 0) is 24.3 Å². The standard InChI is InChI=1S/C16H12N2O/c1-19-11-6-7-12-13-8-10-4-2-3-5-14(10)17-16(13)18-15(12)9-11/h2-9H,1H3,(H,17,18). The second-order valence-corrected chi connectivity index (χ2v) is 4.61. The number of fused-ring (bicyclic) bond motifs is 4. The molecule has 0 aliphatic rings. The zero-order valence-electron chi connectivity index (χ0n) is 10.5. The molecule has 0 saturated carbocycles. The Labute approximate surface area is 109 Å². The third-order valence-corrected chi connectivity index (χ3v) is 3.49. The number of para-hydroxylation sites is 1. The summed E-state index contributed by atoms with van der Waals surface area (Å²) in [5, 5.41) is 3.48. The van der Waals surface area contributed by atoms with Crippen molar-refractivity contribution in [1.29, 1.82) is 0 Å². The van der Waals surface area contributed by atoms with Crippen LogP contribution in [0.25, 0.3) is 32.8 Å². The molecule has 0 radical (unpaired) electrons. The van der Waals surface area contributed by atoms with Crippen molar-refractivity contribution in [3.8, 4) is 5.75 Å². The molecule has 2 aromatic carbocycles. The molecule has 3 heteroatoms. The molecule has 1 N–H and O–H groups in total. The summed E-state index contributed by atoms with van der Waals surface area (Å²) < 4.78 is 5.26. The Hall–Kier alpha value is -2.55. The summed E-state index contributed by atoms with van der Waals surface area (Å²) in [5.74, 6) is 0.851. The van der Waals surface area contributed by atoms with E-state index in [1.54, 1.807) is 7.11 Å². The molecular weight excluding hydrogens is 236 g/mol. The van der Waals surface area contributed by atoms with Crippen LogP contribution in [-0.2, 0) is 0 Å². The summed E-state index contributed by atoms with van der Waals surface area (Å²) >= 11 is 0. The predicted molar refractivity (Wildman–Crippen MR) is 77.7 cm³/mol. The fourth-order valence-corrected chi connectivity index (χ4v) is 2.53. The van der Waals surface area contributed by atoms with Gasteiger partial charge in [0, 0.05) is 22.2 Å². The highest BCUT2D eigenvalue weighted by Gasteiger charge is 2.07. The summed E-state index contributed by atoms with van der Waals surface area (Å²) in [6.45, 7) is 0. The Kier molecular flexibility index (Phi) is 2.03. The van der Waals surface area contributed by atoms with Crippen molar-refractivity contribution in [3.05, 3.63) is 48.5 Å². The first-order valence-electron chi connectivity index (χ1n) is 6.20. The molecule has 4 aromatic rings. The molecule has 2 aromatic heterocycles. The third-order valence-electron chi connectivity index (χ3n) is 3.49. The van der Waals surface area contributed by atoms with Gasteiger partial charge in [-0.25, -0.2) is 4.98 Å². The van der Waals surface area contributed by atoms with Crippen molar-refractivity contribution in [1.82, 2.24) is 9.97 Å². The van der Waals surface area contributed by atoms with E-state index < -0.39 is 0 Å². The number of H-pyrrole nitrogens is 1. The van der Waals surface area contributed by atoms with E-state index in [4.69, 9.17) is 4.74 Å². The average Bonchev–Trinajstić information content (AvgIpc) is 2.81. The molecule has 19 heavy (non-hydrogen) atoms. The maximum absolute atomic E-state index is 5.26. The lowest BCUT2D eigenvalue weighted by atomic mass is 10.1. The fourth-order valence-electron chi connectivity index (χ4n) is 2.53. The van der Waals surface area contributed by atoms with Crippen LogP contribution in [0, 0.1) is 0 Å². The van der Waals surface area contributed by atoms with Gasteiger partial charge in [0.2, 0.25) is 0 Å². The van der Waals surface area contributed by atoms with E-state index in [1.165, 1.54) is 5.39 Å². The number of aromatic amines is 1. The number of ether oxygens (including phenoxy) is 1. The maximum atomic E-state index is 5.26. The van der Waals surface area contributed by atoms with Gasteiger partial charge in [0.05, 0.1) is 18.1 Å². The Balaban J connectivity index is 2.15. The van der Waals surface area contributed by atoms with E-state index in [-0.39, 0.29) is 0 Å². The number of hydrogen-bond donors (Lipinski definition) is 1. The van der Waals surface area contributed by atoms with Crippen molar-refractivity contribution in [2.75, 3.05) is 7.11 Å². The van der Waals surface area contributed by atoms with Gasteiger partial charge in [-0.2, -0.15) is 0 Å². The summed E-state index contributed by atoms with van der Waals surface area (Å²) in [4.78, 5) is 8.03. The van der Waals surface area contributed by atoms with Gasteiger partial charge in [-0.1, -0.05) is 18.2 Å². The molecule has 0 amide bonds. The van der Waals surface area contributed by atoms with E-state index in [0.29, 0.717) is 0 Å². The topological polar surface area (TPSA) is 37.9 Å². The Morgan fingerprint density at radius 2 is 1.89 bits per heavy atom. The first kappa shape index (κ1) is 10.4. The van der Waals surface area contributed by atoms with E-state index in [2.05, 4.69) is 28.2 Å². The van der Waals surface area contributed by atoms with Crippen LogP contribution in [-0.4, -0.2) is 17.1 Å². The van der Waals surface area contributed by atoms with Crippen LogP contribution in [0.5, 0.6) is 5.75 Å². The molecule has 0 atom stereocenters. The molecule has 92 valence electrons. The number of pyridine rings is 1. The summed E-state index contributed by atoms with van der Waals surface area (Å²) in [6.07, 6.45) is 0. The second kappa shape index (κ2) is 3.72. The van der Waals surface area contributed by atoms with Crippen LogP contribution in [0.2, 0.25) is 0 Å². The smallest absolute Gasteiger partial charge is 0.139 e. The highest BCUT2D eigenvalue weighted by atomic mass is 16.5. The van der Waals surface area contributed by atoms with Crippen LogP contribution in [0.4, 0.5) is 0 Å². The van der Waals surface area contributed by atoms with Crippen molar-refractivity contribution in [2.45, 2.75) is 0 Å². The second-order valence-electron chi connectivity index (χ2n) is 4.61. The zero-order chi connectivity index (χ0) is 12.8. The molecule has 0 aliphatic heterocycles. The van der Waals surface area contributed by atoms with Gasteiger partial charge < -0.3 is 9.72 Å². The highest BCUT2D eigenvalue weighted by Crippen LogP contribution is 2.29. The van der Waals surface area contributed by atoms with Crippen molar-refractivity contribution in [2.24, 2.45) is 0 Å². The normalized spacial score (nSPS) is 11.4. The Morgan fingerprint density at radius 1 is 1.00 bits per heavy atom. The van der Waals surface area contributed by atoms with Gasteiger partial charge in [-0.15, -0.1) is 0 Å². The van der Waals surface area contributed by atoms with E-state index in [9.17, 15) is 0 Å². The minimum atomic E-state index is 0.851. The average molecular weight is 248 g/mol. The lowest BCUT2D eigenvalue weighted by molar-refractivity contribution is 0.415. The molecule has 3 nitrogen and oxygen atoms in total. The molecule has 0 aliphatic carbocycles. The summed E-state index contributed by atoms with van der Waals surface area (Å²) in [5.41, 5.74) is 2.98. The van der Waals surface area contributed by atoms with Gasteiger partial charge in [0.1, 0.15) is 11.4 Å². The molecule has 0 unspecified atom stereocenters. The van der Waals surface area contributed by atoms with Crippen molar-refractivity contribution < 1.29 is 4.74 Å². The minimum absolute atomic E-state index is 0.851. The quantitative estimate of drug-likeness (QED) is 0.555. The monoisotopic (exact) mass is 248 g/mol. The van der Waals surface area contributed by atoms with Crippen molar-refractivity contribution >= 4 is 32.8 Å². The van der Waals surface area contributed by atoms with Crippen LogP contribution < -0.4 is 4.74 Å². The third kappa shape index (κ3) is 1.48. The number of rotatable bonds is 1. The number of hydrogen-bond acceptors (Lipinski definition) is 2. The fraction of sp³-hybridized carbons (Fsp3) is 0.0625. The Morgan fingerprint density at radius 3 is 2.79 bits per heavy atom. The summed E-state index contributed by atoms with van der Waals surface area (Å²) in [6, 6.07) is 16.4. The SMILES string of the molecule is COc1ccc2c(c1)[nH]c1nc3ccccc3cc12. The lowest BCUT2D eigenvalue weighted by Crippen LogP contribution is -1.80. The molecule has 0 fully saturated rings. The number of methoxy groups -OCH3 is 1. The lowest BCUT2D eigenvalue weighted by Gasteiger charge is -1.98. The van der Waals surface area contributed by atoms with E-state index in [0.717, 1.165) is 33.2 Å². The van der Waals surface area contributed by atoms with Gasteiger partial charge in [0.15, 0.2) is 0 Å². The molecule has 0 spiro atoms. The molecule has 4 rings (SSSR count). The van der Waals surface area contributed by atoms with Crippen LogP contribution in [0.3, 0.4) is 0 Å². The van der Waals surface area contributed by atoms with Gasteiger partial charge in [0.25, 0.3) is 0 Å². The van der Waals surface area contributed by atoms with Crippen LogP contribution >= 0.6 is 0 Å². The minimum Gasteiger partial charge on any atom is -0.497 e. The first-order valence-corrected chi connectivity index (χ1v) is 6.20. The molecule has 0 bridgehead atoms. The molecular formula is C16H12N2O. The van der Waals surface area contributed by atoms with Gasteiger partial charge >= 0.3 is 0 Å². The highest BCUT2D eigenvalue weighted by molar-refractivity contribution is 6.09. The summed E-state index contributed by atoms with van der Waals surface area (Å²) in [7, 11) is 1.68. The Bertz CT molecular complexity index is 908. The molecule has 2 heterocycles. The van der Waals surface area contributed by atoms with Crippen molar-refractivity contribution in [3.63, 3.8) is 0 Å². The first-order chi connectivity index (χ1) is 9.35. The van der Waals surface area contributed by atoms with Crippen LogP contribution in [0.1, 0.15) is 0 Å². The van der Waals surface area contributed by atoms with E-state index in [1.807, 2.05) is 30.3 Å². The molecule has 0 saturated heterocycles. The number of nitrogens with one attached hydrogen (secondary N) is 1. The maximum Gasteiger partial charge on any atom is 0.139 e. The zero-order valence-corrected chi connectivity index (χ0v) is 10.5. The number of benzene rings is 2. The largest absolute Gasteiger partial charge is 0.497 e. The van der Waals surface area contributed by atoms with Crippen LogP contribution in [0.15, 0.2) is 48.5 Å². The van der Waals surface area contributed by atoms with E-state index >= 15 is 0 Å². The number of nitrogens with zero attached hydrogens (tertiary/aromatic N) is 1. The number of aromatic nitrogens is 2.